The SMILES string of the molecule is c1ccc2c(c1)Nc1ccccc1O2.c1ccc2cc3cc4nc5ccccc5nc4cc3cc2c1. The third kappa shape index (κ3) is 3.65. The number of rotatable bonds is 0. The number of aromatic nitrogens is 2. The van der Waals surface area contributed by atoms with E-state index < -0.39 is 0 Å². The van der Waals surface area contributed by atoms with Crippen LogP contribution in [0.1, 0.15) is 0 Å². The van der Waals surface area contributed by atoms with E-state index in [1.165, 1.54) is 21.5 Å². The van der Waals surface area contributed by atoms with Crippen molar-refractivity contribution in [3.8, 4) is 11.5 Å². The van der Waals surface area contributed by atoms with E-state index in [2.05, 4.69) is 53.8 Å². The zero-order valence-corrected chi connectivity index (χ0v) is 19.3. The number of para-hydroxylation sites is 6. The normalized spacial score (nSPS) is 11.8. The molecule has 8 rings (SSSR count). The Balaban J connectivity index is 0.000000136. The molecule has 0 fully saturated rings. The first-order valence-corrected chi connectivity index (χ1v) is 11.9. The lowest BCUT2D eigenvalue weighted by atomic mass is 10.0. The molecule has 1 N–H and O–H groups in total. The molecule has 7 aromatic rings. The Kier molecular flexibility index (Phi) is 4.74. The molecule has 0 atom stereocenters. The lowest BCUT2D eigenvalue weighted by molar-refractivity contribution is 0.481. The summed E-state index contributed by atoms with van der Waals surface area (Å²) in [7, 11) is 0. The molecule has 6 aromatic carbocycles. The van der Waals surface area contributed by atoms with Crippen molar-refractivity contribution in [1.29, 1.82) is 0 Å². The molecule has 0 bridgehead atoms. The number of nitrogens with one attached hydrogen (secondary N) is 1. The van der Waals surface area contributed by atoms with E-state index in [1.54, 1.807) is 0 Å². The molecule has 36 heavy (non-hydrogen) atoms. The van der Waals surface area contributed by atoms with E-state index in [9.17, 15) is 0 Å². The molecule has 0 unspecified atom stereocenters. The summed E-state index contributed by atoms with van der Waals surface area (Å²) >= 11 is 0. The van der Waals surface area contributed by atoms with Gasteiger partial charge in [-0.2, -0.15) is 0 Å². The Morgan fingerprint density at radius 1 is 0.417 bits per heavy atom. The van der Waals surface area contributed by atoms with Crippen molar-refractivity contribution in [2.24, 2.45) is 0 Å². The summed E-state index contributed by atoms with van der Waals surface area (Å²) in [6.07, 6.45) is 0. The highest BCUT2D eigenvalue weighted by atomic mass is 16.5. The fourth-order valence-electron chi connectivity index (χ4n) is 4.64. The molecule has 1 aromatic heterocycles. The largest absolute Gasteiger partial charge is 0.453 e. The van der Waals surface area contributed by atoms with Crippen LogP contribution in [0.5, 0.6) is 11.5 Å². The lowest BCUT2D eigenvalue weighted by Gasteiger charge is -2.20. The molecular formula is C32H21N3O. The second kappa shape index (κ2) is 8.36. The van der Waals surface area contributed by atoms with Gasteiger partial charge >= 0.3 is 0 Å². The van der Waals surface area contributed by atoms with Gasteiger partial charge in [0.25, 0.3) is 0 Å². The number of anilines is 2. The number of ether oxygens (including phenoxy) is 1. The first-order chi connectivity index (χ1) is 17.8. The van der Waals surface area contributed by atoms with Gasteiger partial charge in [0.05, 0.1) is 33.4 Å². The molecule has 0 spiro atoms. The second-order valence-electron chi connectivity index (χ2n) is 8.82. The average Bonchev–Trinajstić information content (AvgIpc) is 2.93. The molecule has 0 radical (unpaired) electrons. The summed E-state index contributed by atoms with van der Waals surface area (Å²) < 4.78 is 5.71. The Labute approximate surface area is 207 Å². The maximum Gasteiger partial charge on any atom is 0.150 e. The molecule has 0 aliphatic carbocycles. The number of hydrogen-bond acceptors (Lipinski definition) is 4. The number of nitrogens with zero attached hydrogens (tertiary/aromatic N) is 2. The lowest BCUT2D eigenvalue weighted by Crippen LogP contribution is -2.01. The summed E-state index contributed by atoms with van der Waals surface area (Å²) in [5.74, 6) is 1.76. The van der Waals surface area contributed by atoms with Crippen molar-refractivity contribution in [1.82, 2.24) is 9.97 Å². The highest BCUT2D eigenvalue weighted by Gasteiger charge is 2.14. The first-order valence-electron chi connectivity index (χ1n) is 11.9. The van der Waals surface area contributed by atoms with E-state index >= 15 is 0 Å². The van der Waals surface area contributed by atoms with Gasteiger partial charge in [-0.05, 0) is 82.2 Å². The molecule has 4 heteroatoms. The third-order valence-corrected chi connectivity index (χ3v) is 6.43. The fourth-order valence-corrected chi connectivity index (χ4v) is 4.64. The van der Waals surface area contributed by atoms with Crippen LogP contribution in [0, 0.1) is 0 Å². The molecule has 0 amide bonds. The summed E-state index contributed by atoms with van der Waals surface area (Å²) in [6.45, 7) is 0. The van der Waals surface area contributed by atoms with Gasteiger partial charge in [0.2, 0.25) is 0 Å². The number of hydrogen-bond donors (Lipinski definition) is 1. The van der Waals surface area contributed by atoms with Crippen LogP contribution < -0.4 is 10.1 Å². The van der Waals surface area contributed by atoms with Crippen LogP contribution in [0.25, 0.3) is 43.6 Å². The monoisotopic (exact) mass is 463 g/mol. The Hall–Kier alpha value is -4.96. The van der Waals surface area contributed by atoms with Crippen molar-refractivity contribution < 1.29 is 4.74 Å². The minimum absolute atomic E-state index is 0.881. The van der Waals surface area contributed by atoms with Crippen molar-refractivity contribution in [3.05, 3.63) is 121 Å². The Bertz CT molecular complexity index is 1640. The number of benzene rings is 6. The van der Waals surface area contributed by atoms with Crippen LogP contribution in [-0.4, -0.2) is 9.97 Å². The zero-order valence-electron chi connectivity index (χ0n) is 19.3. The van der Waals surface area contributed by atoms with Gasteiger partial charge in [-0.3, -0.25) is 0 Å². The smallest absolute Gasteiger partial charge is 0.150 e. The summed E-state index contributed by atoms with van der Waals surface area (Å²) in [6, 6.07) is 41.0. The zero-order chi connectivity index (χ0) is 23.9. The van der Waals surface area contributed by atoms with Crippen LogP contribution in [-0.2, 0) is 0 Å². The average molecular weight is 464 g/mol. The molecular weight excluding hydrogens is 442 g/mol. The summed E-state index contributed by atoms with van der Waals surface area (Å²) in [4.78, 5) is 9.49. The van der Waals surface area contributed by atoms with E-state index in [0.717, 1.165) is 44.9 Å². The topological polar surface area (TPSA) is 47.0 Å². The fraction of sp³-hybridized carbons (Fsp3) is 0. The first kappa shape index (κ1) is 20.4. The van der Waals surface area contributed by atoms with Crippen LogP contribution in [0.2, 0.25) is 0 Å². The molecule has 1 aliphatic rings. The minimum atomic E-state index is 0.881. The van der Waals surface area contributed by atoms with Gasteiger partial charge in [0.1, 0.15) is 0 Å². The maximum absolute atomic E-state index is 5.71. The van der Waals surface area contributed by atoms with Gasteiger partial charge in [0.15, 0.2) is 11.5 Å². The highest BCUT2D eigenvalue weighted by Crippen LogP contribution is 2.41. The molecule has 4 nitrogen and oxygen atoms in total. The molecule has 0 saturated heterocycles. The Morgan fingerprint density at radius 2 is 0.861 bits per heavy atom. The number of fused-ring (bicyclic) bond motifs is 6. The predicted octanol–water partition coefficient (Wildman–Crippen LogP) is 8.63. The van der Waals surface area contributed by atoms with E-state index in [-0.39, 0.29) is 0 Å². The molecule has 2 heterocycles. The molecule has 170 valence electrons. The van der Waals surface area contributed by atoms with Crippen molar-refractivity contribution >= 4 is 55.0 Å². The van der Waals surface area contributed by atoms with Crippen LogP contribution in [0.15, 0.2) is 121 Å². The van der Waals surface area contributed by atoms with Crippen LogP contribution in [0.3, 0.4) is 0 Å². The van der Waals surface area contributed by atoms with Gasteiger partial charge < -0.3 is 10.1 Å². The van der Waals surface area contributed by atoms with E-state index in [4.69, 9.17) is 14.7 Å². The Morgan fingerprint density at radius 3 is 1.39 bits per heavy atom. The van der Waals surface area contributed by atoms with E-state index in [0.29, 0.717) is 0 Å². The van der Waals surface area contributed by atoms with Crippen molar-refractivity contribution in [2.45, 2.75) is 0 Å². The summed E-state index contributed by atoms with van der Waals surface area (Å²) in [5, 5.41) is 8.23. The van der Waals surface area contributed by atoms with Gasteiger partial charge in [-0.15, -0.1) is 0 Å². The third-order valence-electron chi connectivity index (χ3n) is 6.43. The summed E-state index contributed by atoms with van der Waals surface area (Å²) in [5.41, 5.74) is 5.81. The van der Waals surface area contributed by atoms with E-state index in [1.807, 2.05) is 72.8 Å². The quantitative estimate of drug-likeness (QED) is 0.229. The predicted molar refractivity (Wildman–Crippen MR) is 148 cm³/mol. The van der Waals surface area contributed by atoms with Gasteiger partial charge in [0, 0.05) is 0 Å². The standard InChI is InChI=1S/C20H12N2.C12H9NO/c1-2-6-14-10-16-12-20-19(11-15(16)9-13(14)5-1)21-17-7-3-4-8-18(17)22-20;1-3-7-11-9(5-1)13-10-6-2-4-8-12(10)14-11/h1-12H;1-8,13H. The van der Waals surface area contributed by atoms with Crippen molar-refractivity contribution in [3.63, 3.8) is 0 Å². The van der Waals surface area contributed by atoms with Gasteiger partial charge in [-0.1, -0.05) is 60.7 Å². The molecule has 0 saturated carbocycles. The second-order valence-corrected chi connectivity index (χ2v) is 8.82. The van der Waals surface area contributed by atoms with Crippen LogP contribution in [0.4, 0.5) is 11.4 Å². The molecule has 1 aliphatic heterocycles. The van der Waals surface area contributed by atoms with Crippen LogP contribution >= 0.6 is 0 Å². The van der Waals surface area contributed by atoms with Gasteiger partial charge in [-0.25, -0.2) is 9.97 Å². The minimum Gasteiger partial charge on any atom is -0.453 e. The van der Waals surface area contributed by atoms with Crippen molar-refractivity contribution in [2.75, 3.05) is 5.32 Å². The highest BCUT2D eigenvalue weighted by molar-refractivity contribution is 6.04. The maximum atomic E-state index is 5.71.